The van der Waals surface area contributed by atoms with Crippen LogP contribution in [0.25, 0.3) is 0 Å². The van der Waals surface area contributed by atoms with E-state index in [9.17, 15) is 9.59 Å². The number of carbonyl (C=O) groups is 2. The molecular formula is C12H17N3O3. The lowest BCUT2D eigenvalue weighted by atomic mass is 10.2. The number of rotatable bonds is 5. The molecule has 1 amide bonds. The maximum Gasteiger partial charge on any atom is 0.325 e. The fourth-order valence-corrected chi connectivity index (χ4v) is 1.79. The Balaban J connectivity index is 2.43. The van der Waals surface area contributed by atoms with Gasteiger partial charge in [0.2, 0.25) is 0 Å². The van der Waals surface area contributed by atoms with Crippen molar-refractivity contribution in [3.05, 3.63) is 11.8 Å². The zero-order valence-corrected chi connectivity index (χ0v) is 10.4. The highest BCUT2D eigenvalue weighted by atomic mass is 16.5. The molecule has 0 spiro atoms. The molecule has 18 heavy (non-hydrogen) atoms. The van der Waals surface area contributed by atoms with E-state index >= 15 is 0 Å². The zero-order chi connectivity index (χ0) is 13.4. The van der Waals surface area contributed by atoms with E-state index in [-0.39, 0.29) is 18.2 Å². The number of nitriles is 1. The molecule has 1 fully saturated rings. The van der Waals surface area contributed by atoms with Gasteiger partial charge >= 0.3 is 5.97 Å². The van der Waals surface area contributed by atoms with Crippen molar-refractivity contribution in [1.82, 2.24) is 10.6 Å². The van der Waals surface area contributed by atoms with E-state index < -0.39 is 11.9 Å². The van der Waals surface area contributed by atoms with Crippen LogP contribution in [-0.2, 0) is 14.3 Å². The molecule has 0 aromatic carbocycles. The molecule has 6 heteroatoms. The van der Waals surface area contributed by atoms with Crippen molar-refractivity contribution in [3.8, 4) is 6.07 Å². The van der Waals surface area contributed by atoms with Gasteiger partial charge in [-0.1, -0.05) is 12.8 Å². The van der Waals surface area contributed by atoms with Crippen LogP contribution in [0, 0.1) is 11.3 Å². The van der Waals surface area contributed by atoms with Crippen molar-refractivity contribution >= 4 is 11.9 Å². The third kappa shape index (κ3) is 4.45. The van der Waals surface area contributed by atoms with E-state index in [1.807, 2.05) is 0 Å². The smallest absolute Gasteiger partial charge is 0.325 e. The molecule has 1 rings (SSSR count). The molecular weight excluding hydrogens is 234 g/mol. The number of hydrogen-bond acceptors (Lipinski definition) is 5. The molecule has 98 valence electrons. The standard InChI is InChI=1S/C12H17N3O3/c1-18-11(16)8-14-7-9(6-13)12(17)15-10-4-2-3-5-10/h7,10,14H,2-5,8H2,1H3,(H,15,17)/b9-7-. The second-order valence-corrected chi connectivity index (χ2v) is 4.08. The minimum Gasteiger partial charge on any atom is -0.468 e. The Morgan fingerprint density at radius 3 is 2.67 bits per heavy atom. The summed E-state index contributed by atoms with van der Waals surface area (Å²) in [5.41, 5.74) is -0.0363. The van der Waals surface area contributed by atoms with Crippen LogP contribution in [0.2, 0.25) is 0 Å². The molecule has 0 bridgehead atoms. The van der Waals surface area contributed by atoms with Gasteiger partial charge in [0, 0.05) is 12.2 Å². The fraction of sp³-hybridized carbons (Fsp3) is 0.583. The van der Waals surface area contributed by atoms with Crippen LogP contribution in [0.3, 0.4) is 0 Å². The third-order valence-corrected chi connectivity index (χ3v) is 2.78. The van der Waals surface area contributed by atoms with Crippen molar-refractivity contribution < 1.29 is 14.3 Å². The van der Waals surface area contributed by atoms with Crippen LogP contribution < -0.4 is 10.6 Å². The highest BCUT2D eigenvalue weighted by Crippen LogP contribution is 2.17. The van der Waals surface area contributed by atoms with Gasteiger partial charge in [-0.3, -0.25) is 9.59 Å². The number of hydrogen-bond donors (Lipinski definition) is 2. The van der Waals surface area contributed by atoms with Crippen molar-refractivity contribution in [1.29, 1.82) is 5.26 Å². The summed E-state index contributed by atoms with van der Waals surface area (Å²) >= 11 is 0. The Morgan fingerprint density at radius 2 is 2.11 bits per heavy atom. The second kappa shape index (κ2) is 7.33. The maximum atomic E-state index is 11.7. The van der Waals surface area contributed by atoms with E-state index in [0.717, 1.165) is 25.7 Å². The van der Waals surface area contributed by atoms with Crippen molar-refractivity contribution in [3.63, 3.8) is 0 Å². The Morgan fingerprint density at radius 1 is 1.44 bits per heavy atom. The van der Waals surface area contributed by atoms with E-state index in [4.69, 9.17) is 5.26 Å². The predicted molar refractivity (Wildman–Crippen MR) is 64.1 cm³/mol. The number of nitrogens with one attached hydrogen (secondary N) is 2. The Labute approximate surface area is 106 Å². The summed E-state index contributed by atoms with van der Waals surface area (Å²) in [6, 6.07) is 1.96. The topological polar surface area (TPSA) is 91.2 Å². The fourth-order valence-electron chi connectivity index (χ4n) is 1.79. The first-order valence-corrected chi connectivity index (χ1v) is 5.88. The van der Waals surface area contributed by atoms with Crippen molar-refractivity contribution in [2.24, 2.45) is 0 Å². The summed E-state index contributed by atoms with van der Waals surface area (Å²) in [5, 5.41) is 14.2. The second-order valence-electron chi connectivity index (χ2n) is 4.08. The van der Waals surface area contributed by atoms with Gasteiger partial charge in [-0.15, -0.1) is 0 Å². The number of ether oxygens (including phenoxy) is 1. The van der Waals surface area contributed by atoms with Gasteiger partial charge in [0.05, 0.1) is 7.11 Å². The highest BCUT2D eigenvalue weighted by molar-refractivity contribution is 5.97. The number of esters is 1. The summed E-state index contributed by atoms with van der Waals surface area (Å²) in [6.45, 7) is -0.0710. The normalized spacial score (nSPS) is 15.9. The van der Waals surface area contributed by atoms with E-state index in [1.165, 1.54) is 13.3 Å². The summed E-state index contributed by atoms with van der Waals surface area (Å²) in [6.07, 6.45) is 5.37. The maximum absolute atomic E-state index is 11.7. The van der Waals surface area contributed by atoms with Crippen molar-refractivity contribution in [2.45, 2.75) is 31.7 Å². The van der Waals surface area contributed by atoms with Crippen LogP contribution >= 0.6 is 0 Å². The third-order valence-electron chi connectivity index (χ3n) is 2.78. The Kier molecular flexibility index (Phi) is 5.71. The van der Waals surface area contributed by atoms with Gasteiger partial charge in [0.25, 0.3) is 5.91 Å². The molecule has 1 saturated carbocycles. The van der Waals surface area contributed by atoms with Crippen LogP contribution in [0.1, 0.15) is 25.7 Å². The lowest BCUT2D eigenvalue weighted by molar-refractivity contribution is -0.139. The van der Waals surface area contributed by atoms with Gasteiger partial charge in [0.15, 0.2) is 0 Å². The first-order valence-electron chi connectivity index (χ1n) is 5.88. The van der Waals surface area contributed by atoms with Crippen LogP contribution in [0.4, 0.5) is 0 Å². The number of nitrogens with zero attached hydrogens (tertiary/aromatic N) is 1. The molecule has 0 radical (unpaired) electrons. The van der Waals surface area contributed by atoms with E-state index in [1.54, 1.807) is 6.07 Å². The summed E-state index contributed by atoms with van der Waals surface area (Å²) < 4.78 is 4.42. The molecule has 0 aromatic heterocycles. The number of carbonyl (C=O) groups excluding carboxylic acids is 2. The number of amides is 1. The number of methoxy groups -OCH3 is 1. The van der Waals surface area contributed by atoms with Crippen molar-refractivity contribution in [2.75, 3.05) is 13.7 Å². The zero-order valence-electron chi connectivity index (χ0n) is 10.4. The Hall–Kier alpha value is -2.03. The highest BCUT2D eigenvalue weighted by Gasteiger charge is 2.19. The largest absolute Gasteiger partial charge is 0.468 e. The van der Waals surface area contributed by atoms with E-state index in [0.29, 0.717) is 0 Å². The Bertz CT molecular complexity index is 379. The molecule has 0 atom stereocenters. The van der Waals surface area contributed by atoms with Gasteiger partial charge in [0.1, 0.15) is 18.2 Å². The molecule has 6 nitrogen and oxygen atoms in total. The van der Waals surface area contributed by atoms with Gasteiger partial charge < -0.3 is 15.4 Å². The van der Waals surface area contributed by atoms with Gasteiger partial charge in [-0.2, -0.15) is 5.26 Å². The molecule has 0 unspecified atom stereocenters. The summed E-state index contributed by atoms with van der Waals surface area (Å²) in [7, 11) is 1.27. The van der Waals surface area contributed by atoms with Crippen LogP contribution in [0.15, 0.2) is 11.8 Å². The molecule has 1 aliphatic carbocycles. The SMILES string of the molecule is COC(=O)CN/C=C(/C#N)C(=O)NC1CCCC1. The van der Waals surface area contributed by atoms with Gasteiger partial charge in [-0.05, 0) is 12.8 Å². The van der Waals surface area contributed by atoms with Crippen LogP contribution in [-0.4, -0.2) is 31.6 Å². The molecule has 2 N–H and O–H groups in total. The van der Waals surface area contributed by atoms with Gasteiger partial charge in [-0.25, -0.2) is 0 Å². The van der Waals surface area contributed by atoms with E-state index in [2.05, 4.69) is 15.4 Å². The molecule has 0 saturated heterocycles. The average molecular weight is 251 g/mol. The van der Waals surface area contributed by atoms with Crippen LogP contribution in [0.5, 0.6) is 0 Å². The summed E-state index contributed by atoms with van der Waals surface area (Å²) in [5.74, 6) is -0.860. The lowest BCUT2D eigenvalue weighted by Gasteiger charge is -2.10. The first-order chi connectivity index (χ1) is 8.67. The predicted octanol–water partition coefficient (Wildman–Crippen LogP) is 0.215. The molecule has 0 aliphatic heterocycles. The summed E-state index contributed by atoms with van der Waals surface area (Å²) in [4.78, 5) is 22.6. The quantitative estimate of drug-likeness (QED) is 0.414. The first kappa shape index (κ1) is 14.0. The molecule has 0 heterocycles. The monoisotopic (exact) mass is 251 g/mol. The molecule has 0 aromatic rings. The minimum absolute atomic E-state index is 0.0363. The average Bonchev–Trinajstić information content (AvgIpc) is 2.86. The molecule has 1 aliphatic rings. The lowest BCUT2D eigenvalue weighted by Crippen LogP contribution is -2.34. The minimum atomic E-state index is -0.459.